The highest BCUT2D eigenvalue weighted by Gasteiger charge is 2.28. The largest absolute Gasteiger partial charge is 0.355 e. The molecule has 3 heteroatoms. The van der Waals surface area contributed by atoms with Crippen LogP contribution in [0.4, 0.5) is 0 Å². The smallest absolute Gasteiger partial charge is 0.237 e. The molecule has 21 heavy (non-hydrogen) atoms. The minimum Gasteiger partial charge on any atom is -0.355 e. The lowest BCUT2D eigenvalue weighted by atomic mass is 9.78. The SMILES string of the molecule is CCNC(=O)C1CC(c2cccc(C3CCC3)c2)CCN1. The van der Waals surface area contributed by atoms with E-state index in [4.69, 9.17) is 0 Å². The summed E-state index contributed by atoms with van der Waals surface area (Å²) in [5, 5.41) is 6.28. The summed E-state index contributed by atoms with van der Waals surface area (Å²) >= 11 is 0. The number of likely N-dealkylation sites (N-methyl/N-ethyl adjacent to an activating group) is 1. The van der Waals surface area contributed by atoms with Crippen LogP contribution in [-0.4, -0.2) is 25.0 Å². The molecular formula is C18H26N2O. The molecule has 1 heterocycles. The molecule has 3 nitrogen and oxygen atoms in total. The normalized spacial score (nSPS) is 26.1. The summed E-state index contributed by atoms with van der Waals surface area (Å²) in [7, 11) is 0. The van der Waals surface area contributed by atoms with E-state index in [-0.39, 0.29) is 11.9 Å². The molecule has 114 valence electrons. The van der Waals surface area contributed by atoms with E-state index in [2.05, 4.69) is 34.9 Å². The fourth-order valence-corrected chi connectivity index (χ4v) is 3.53. The van der Waals surface area contributed by atoms with Crippen molar-refractivity contribution < 1.29 is 4.79 Å². The zero-order valence-corrected chi connectivity index (χ0v) is 12.9. The Balaban J connectivity index is 1.69. The van der Waals surface area contributed by atoms with Crippen molar-refractivity contribution in [1.82, 2.24) is 10.6 Å². The Morgan fingerprint density at radius 3 is 2.67 bits per heavy atom. The number of nitrogens with one attached hydrogen (secondary N) is 2. The summed E-state index contributed by atoms with van der Waals surface area (Å²) in [5.74, 6) is 1.45. The number of carbonyl (C=O) groups excluding carboxylic acids is 1. The Morgan fingerprint density at radius 2 is 2.00 bits per heavy atom. The van der Waals surface area contributed by atoms with Gasteiger partial charge in [-0.2, -0.15) is 0 Å². The summed E-state index contributed by atoms with van der Waals surface area (Å²) in [6, 6.07) is 9.08. The highest BCUT2D eigenvalue weighted by atomic mass is 16.2. The van der Waals surface area contributed by atoms with E-state index in [1.54, 1.807) is 0 Å². The lowest BCUT2D eigenvalue weighted by Crippen LogP contribution is -2.48. The third kappa shape index (κ3) is 3.29. The molecule has 1 aliphatic carbocycles. The Hall–Kier alpha value is -1.35. The van der Waals surface area contributed by atoms with Crippen LogP contribution in [0.1, 0.15) is 62.0 Å². The zero-order chi connectivity index (χ0) is 14.7. The van der Waals surface area contributed by atoms with Crippen molar-refractivity contribution in [1.29, 1.82) is 0 Å². The van der Waals surface area contributed by atoms with Gasteiger partial charge in [-0.15, -0.1) is 0 Å². The number of benzene rings is 1. The topological polar surface area (TPSA) is 41.1 Å². The molecule has 2 N–H and O–H groups in total. The van der Waals surface area contributed by atoms with Gasteiger partial charge in [0.05, 0.1) is 6.04 Å². The predicted molar refractivity (Wildman–Crippen MR) is 85.5 cm³/mol. The second-order valence-corrected chi connectivity index (χ2v) is 6.42. The van der Waals surface area contributed by atoms with Crippen LogP contribution in [0.25, 0.3) is 0 Å². The number of amides is 1. The molecule has 0 spiro atoms. The van der Waals surface area contributed by atoms with Gasteiger partial charge in [-0.05, 0) is 62.1 Å². The van der Waals surface area contributed by atoms with Crippen LogP contribution in [0, 0.1) is 0 Å². The maximum Gasteiger partial charge on any atom is 0.237 e. The maximum atomic E-state index is 12.0. The van der Waals surface area contributed by atoms with Crippen LogP contribution in [0.3, 0.4) is 0 Å². The van der Waals surface area contributed by atoms with Crippen molar-refractivity contribution in [3.05, 3.63) is 35.4 Å². The van der Waals surface area contributed by atoms with Gasteiger partial charge < -0.3 is 10.6 Å². The van der Waals surface area contributed by atoms with Gasteiger partial charge in [-0.3, -0.25) is 4.79 Å². The molecule has 1 amide bonds. The lowest BCUT2D eigenvalue weighted by Gasteiger charge is -2.31. The molecule has 0 bridgehead atoms. The Labute approximate surface area is 127 Å². The van der Waals surface area contributed by atoms with Crippen molar-refractivity contribution in [2.75, 3.05) is 13.1 Å². The average Bonchev–Trinajstić information content (AvgIpc) is 2.46. The molecule has 1 saturated carbocycles. The van der Waals surface area contributed by atoms with Gasteiger partial charge in [0.1, 0.15) is 0 Å². The molecule has 3 rings (SSSR count). The molecule has 1 saturated heterocycles. The minimum absolute atomic E-state index is 0.0314. The average molecular weight is 286 g/mol. The molecule has 2 unspecified atom stereocenters. The van der Waals surface area contributed by atoms with E-state index in [1.807, 2.05) is 6.92 Å². The van der Waals surface area contributed by atoms with Gasteiger partial charge in [0, 0.05) is 6.54 Å². The molecule has 0 aromatic heterocycles. The third-order valence-corrected chi connectivity index (χ3v) is 5.03. The van der Waals surface area contributed by atoms with E-state index in [9.17, 15) is 4.79 Å². The second-order valence-electron chi connectivity index (χ2n) is 6.42. The number of hydrogen-bond acceptors (Lipinski definition) is 2. The van der Waals surface area contributed by atoms with Gasteiger partial charge in [0.2, 0.25) is 5.91 Å². The quantitative estimate of drug-likeness (QED) is 0.893. The summed E-state index contributed by atoms with van der Waals surface area (Å²) < 4.78 is 0. The first kappa shape index (κ1) is 14.6. The van der Waals surface area contributed by atoms with E-state index in [0.29, 0.717) is 12.5 Å². The number of piperidine rings is 1. The molecular weight excluding hydrogens is 260 g/mol. The van der Waals surface area contributed by atoms with Gasteiger partial charge in [0.15, 0.2) is 0 Å². The standard InChI is InChI=1S/C18H26N2O/c1-2-19-18(21)17-12-16(9-10-20-17)15-8-4-7-14(11-15)13-5-3-6-13/h4,7-8,11,13,16-17,20H,2-3,5-6,9-10,12H2,1H3,(H,19,21). The number of rotatable bonds is 4. The first-order valence-electron chi connectivity index (χ1n) is 8.39. The van der Waals surface area contributed by atoms with Crippen LogP contribution in [-0.2, 0) is 4.79 Å². The highest BCUT2D eigenvalue weighted by Crippen LogP contribution is 2.38. The summed E-state index contributed by atoms with van der Waals surface area (Å²) in [5.41, 5.74) is 2.93. The van der Waals surface area contributed by atoms with E-state index in [1.165, 1.54) is 30.4 Å². The number of carbonyl (C=O) groups is 1. The van der Waals surface area contributed by atoms with E-state index in [0.717, 1.165) is 25.3 Å². The van der Waals surface area contributed by atoms with Crippen molar-refractivity contribution in [3.63, 3.8) is 0 Å². The Morgan fingerprint density at radius 1 is 1.24 bits per heavy atom. The lowest BCUT2D eigenvalue weighted by molar-refractivity contribution is -0.123. The van der Waals surface area contributed by atoms with E-state index >= 15 is 0 Å². The zero-order valence-electron chi connectivity index (χ0n) is 12.9. The van der Waals surface area contributed by atoms with Crippen molar-refractivity contribution in [2.24, 2.45) is 0 Å². The van der Waals surface area contributed by atoms with E-state index < -0.39 is 0 Å². The van der Waals surface area contributed by atoms with Crippen LogP contribution >= 0.6 is 0 Å². The van der Waals surface area contributed by atoms with Crippen molar-refractivity contribution in [2.45, 2.75) is 56.9 Å². The van der Waals surface area contributed by atoms with Crippen molar-refractivity contribution in [3.8, 4) is 0 Å². The Bertz CT molecular complexity index is 496. The first-order chi connectivity index (χ1) is 10.3. The first-order valence-corrected chi connectivity index (χ1v) is 8.39. The monoisotopic (exact) mass is 286 g/mol. The third-order valence-electron chi connectivity index (χ3n) is 5.03. The van der Waals surface area contributed by atoms with Crippen LogP contribution in [0.5, 0.6) is 0 Å². The van der Waals surface area contributed by atoms with Gasteiger partial charge in [-0.25, -0.2) is 0 Å². The van der Waals surface area contributed by atoms with Gasteiger partial charge in [-0.1, -0.05) is 30.7 Å². The molecule has 2 atom stereocenters. The van der Waals surface area contributed by atoms with Crippen molar-refractivity contribution >= 4 is 5.91 Å². The molecule has 1 aliphatic heterocycles. The molecule has 1 aromatic carbocycles. The van der Waals surface area contributed by atoms with Gasteiger partial charge >= 0.3 is 0 Å². The predicted octanol–water partition coefficient (Wildman–Crippen LogP) is 2.93. The highest BCUT2D eigenvalue weighted by molar-refractivity contribution is 5.81. The minimum atomic E-state index is -0.0314. The summed E-state index contributed by atoms with van der Waals surface area (Å²) in [4.78, 5) is 12.0. The molecule has 0 radical (unpaired) electrons. The summed E-state index contributed by atoms with van der Waals surface area (Å²) in [6.07, 6.45) is 6.11. The molecule has 2 fully saturated rings. The number of hydrogen-bond donors (Lipinski definition) is 2. The molecule has 1 aromatic rings. The summed E-state index contributed by atoms with van der Waals surface area (Å²) in [6.45, 7) is 3.61. The molecule has 2 aliphatic rings. The maximum absolute atomic E-state index is 12.0. The van der Waals surface area contributed by atoms with Gasteiger partial charge in [0.25, 0.3) is 0 Å². The van der Waals surface area contributed by atoms with Crippen LogP contribution in [0.2, 0.25) is 0 Å². The van der Waals surface area contributed by atoms with Crippen LogP contribution in [0.15, 0.2) is 24.3 Å². The Kier molecular flexibility index (Phi) is 4.59. The van der Waals surface area contributed by atoms with Crippen LogP contribution < -0.4 is 10.6 Å². The second kappa shape index (κ2) is 6.61. The fourth-order valence-electron chi connectivity index (χ4n) is 3.53. The fraction of sp³-hybridized carbons (Fsp3) is 0.611.